The van der Waals surface area contributed by atoms with E-state index >= 15 is 0 Å². The van der Waals surface area contributed by atoms with Crippen LogP contribution in [-0.4, -0.2) is 33.2 Å². The molecule has 0 aliphatic carbocycles. The van der Waals surface area contributed by atoms with Crippen LogP contribution in [0.4, 0.5) is 11.6 Å². The fourth-order valence-electron chi connectivity index (χ4n) is 1.53. The normalized spacial score (nSPS) is 10.2. The summed E-state index contributed by atoms with van der Waals surface area (Å²) in [6.07, 6.45) is 3.96. The van der Waals surface area contributed by atoms with E-state index < -0.39 is 0 Å². The summed E-state index contributed by atoms with van der Waals surface area (Å²) >= 11 is 0. The average molecular weight is 259 g/mol. The second-order valence-electron chi connectivity index (χ2n) is 3.97. The van der Waals surface area contributed by atoms with Gasteiger partial charge in [0.15, 0.2) is 0 Å². The molecule has 6 nitrogen and oxygen atoms in total. The highest BCUT2D eigenvalue weighted by molar-refractivity contribution is 5.46. The maximum Gasteiger partial charge on any atom is 0.131 e. The lowest BCUT2D eigenvalue weighted by molar-refractivity contribution is 0.292. The van der Waals surface area contributed by atoms with Gasteiger partial charge in [0.2, 0.25) is 0 Å². The van der Waals surface area contributed by atoms with E-state index in [9.17, 15) is 0 Å². The molecule has 0 aliphatic rings. The standard InChI is InChI=1S/C13H17N5O/c19-7-3-6-15-12-8-13(18-10-17-12)16-9-11-4-1-2-5-14-11/h1-2,4-5,8,10,19H,3,6-7,9H2,(H2,15,16,17,18). The Kier molecular flexibility index (Phi) is 5.06. The summed E-state index contributed by atoms with van der Waals surface area (Å²) in [7, 11) is 0. The highest BCUT2D eigenvalue weighted by Crippen LogP contribution is 2.09. The second kappa shape index (κ2) is 7.27. The highest BCUT2D eigenvalue weighted by Gasteiger charge is 1.99. The maximum atomic E-state index is 8.72. The number of aliphatic hydroxyl groups is 1. The molecule has 0 unspecified atom stereocenters. The number of nitrogens with one attached hydrogen (secondary N) is 2. The van der Waals surface area contributed by atoms with E-state index in [2.05, 4.69) is 25.6 Å². The van der Waals surface area contributed by atoms with E-state index in [1.807, 2.05) is 24.3 Å². The topological polar surface area (TPSA) is 83.0 Å². The Bertz CT molecular complexity index is 491. The van der Waals surface area contributed by atoms with Crippen molar-refractivity contribution >= 4 is 11.6 Å². The number of aliphatic hydroxyl groups excluding tert-OH is 1. The van der Waals surface area contributed by atoms with Crippen LogP contribution in [0.15, 0.2) is 36.8 Å². The fourth-order valence-corrected chi connectivity index (χ4v) is 1.53. The smallest absolute Gasteiger partial charge is 0.131 e. The molecule has 0 fully saturated rings. The highest BCUT2D eigenvalue weighted by atomic mass is 16.3. The molecular formula is C13H17N5O. The predicted octanol–water partition coefficient (Wildman–Crippen LogP) is 1.28. The molecule has 19 heavy (non-hydrogen) atoms. The lowest BCUT2D eigenvalue weighted by atomic mass is 10.3. The fraction of sp³-hybridized carbons (Fsp3) is 0.308. The minimum atomic E-state index is 0.170. The van der Waals surface area contributed by atoms with Gasteiger partial charge in [0, 0.05) is 25.4 Å². The van der Waals surface area contributed by atoms with Crippen LogP contribution in [0, 0.1) is 0 Å². The Hall–Kier alpha value is -2.21. The Balaban J connectivity index is 1.88. The van der Waals surface area contributed by atoms with E-state index in [1.54, 1.807) is 6.20 Å². The zero-order chi connectivity index (χ0) is 13.3. The molecule has 100 valence electrons. The van der Waals surface area contributed by atoms with Crippen molar-refractivity contribution in [2.24, 2.45) is 0 Å². The van der Waals surface area contributed by atoms with Crippen LogP contribution in [0.1, 0.15) is 12.1 Å². The molecule has 2 rings (SSSR count). The number of hydrogen-bond acceptors (Lipinski definition) is 6. The summed E-state index contributed by atoms with van der Waals surface area (Å²) in [6.45, 7) is 1.48. The molecule has 0 aromatic carbocycles. The van der Waals surface area contributed by atoms with Crippen LogP contribution in [0.5, 0.6) is 0 Å². The van der Waals surface area contributed by atoms with Gasteiger partial charge < -0.3 is 15.7 Å². The molecule has 2 aromatic heterocycles. The van der Waals surface area contributed by atoms with Gasteiger partial charge in [0.05, 0.1) is 12.2 Å². The zero-order valence-corrected chi connectivity index (χ0v) is 10.6. The van der Waals surface area contributed by atoms with Crippen molar-refractivity contribution in [3.63, 3.8) is 0 Å². The van der Waals surface area contributed by atoms with E-state index in [0.29, 0.717) is 19.5 Å². The van der Waals surface area contributed by atoms with E-state index in [4.69, 9.17) is 5.11 Å². The monoisotopic (exact) mass is 259 g/mol. The van der Waals surface area contributed by atoms with Gasteiger partial charge in [-0.3, -0.25) is 4.98 Å². The minimum Gasteiger partial charge on any atom is -0.396 e. The number of aromatic nitrogens is 3. The lowest BCUT2D eigenvalue weighted by Gasteiger charge is -2.07. The van der Waals surface area contributed by atoms with Crippen LogP contribution in [0.3, 0.4) is 0 Å². The van der Waals surface area contributed by atoms with Crippen molar-refractivity contribution in [1.82, 2.24) is 15.0 Å². The molecule has 3 N–H and O–H groups in total. The van der Waals surface area contributed by atoms with E-state index in [0.717, 1.165) is 17.3 Å². The summed E-state index contributed by atoms with van der Waals surface area (Å²) in [5.74, 6) is 1.49. The van der Waals surface area contributed by atoms with E-state index in [-0.39, 0.29) is 6.61 Å². The third-order valence-electron chi connectivity index (χ3n) is 2.48. The van der Waals surface area contributed by atoms with Gasteiger partial charge in [-0.1, -0.05) is 6.07 Å². The minimum absolute atomic E-state index is 0.170. The lowest BCUT2D eigenvalue weighted by Crippen LogP contribution is -2.07. The van der Waals surface area contributed by atoms with Crippen LogP contribution < -0.4 is 10.6 Å². The summed E-state index contributed by atoms with van der Waals surface area (Å²) in [5.41, 5.74) is 0.955. The number of nitrogens with zero attached hydrogens (tertiary/aromatic N) is 3. The third kappa shape index (κ3) is 4.51. The van der Waals surface area contributed by atoms with Gasteiger partial charge in [-0.15, -0.1) is 0 Å². The van der Waals surface area contributed by atoms with Crippen LogP contribution >= 0.6 is 0 Å². The van der Waals surface area contributed by atoms with Crippen molar-refractivity contribution in [2.45, 2.75) is 13.0 Å². The Morgan fingerprint density at radius 3 is 2.63 bits per heavy atom. The molecule has 0 saturated carbocycles. The molecule has 0 bridgehead atoms. The van der Waals surface area contributed by atoms with Crippen molar-refractivity contribution < 1.29 is 5.11 Å². The van der Waals surface area contributed by atoms with Crippen molar-refractivity contribution in [2.75, 3.05) is 23.8 Å². The predicted molar refractivity (Wildman–Crippen MR) is 73.8 cm³/mol. The molecule has 0 aliphatic heterocycles. The van der Waals surface area contributed by atoms with Crippen molar-refractivity contribution in [1.29, 1.82) is 0 Å². The van der Waals surface area contributed by atoms with Gasteiger partial charge in [0.25, 0.3) is 0 Å². The number of anilines is 2. The van der Waals surface area contributed by atoms with Crippen LogP contribution in [0.2, 0.25) is 0 Å². The Labute approximate surface area is 112 Å². The SMILES string of the molecule is OCCCNc1cc(NCc2ccccn2)ncn1. The van der Waals surface area contributed by atoms with Crippen molar-refractivity contribution in [3.05, 3.63) is 42.5 Å². The zero-order valence-electron chi connectivity index (χ0n) is 10.6. The van der Waals surface area contributed by atoms with Crippen molar-refractivity contribution in [3.8, 4) is 0 Å². The first kappa shape index (κ1) is 13.2. The quantitative estimate of drug-likeness (QED) is 0.650. The Morgan fingerprint density at radius 1 is 1.05 bits per heavy atom. The number of pyridine rings is 1. The molecule has 2 heterocycles. The van der Waals surface area contributed by atoms with Gasteiger partial charge in [0.1, 0.15) is 18.0 Å². The third-order valence-corrected chi connectivity index (χ3v) is 2.48. The van der Waals surface area contributed by atoms with Crippen LogP contribution in [-0.2, 0) is 6.54 Å². The van der Waals surface area contributed by atoms with Gasteiger partial charge in [-0.25, -0.2) is 9.97 Å². The van der Waals surface area contributed by atoms with E-state index in [1.165, 1.54) is 6.33 Å². The summed E-state index contributed by atoms with van der Waals surface area (Å²) in [6, 6.07) is 7.62. The number of hydrogen-bond donors (Lipinski definition) is 3. The second-order valence-corrected chi connectivity index (χ2v) is 3.97. The molecule has 0 amide bonds. The summed E-state index contributed by atoms with van der Waals surface area (Å²) < 4.78 is 0. The molecule has 6 heteroatoms. The largest absolute Gasteiger partial charge is 0.396 e. The van der Waals surface area contributed by atoms with Crippen LogP contribution in [0.25, 0.3) is 0 Å². The van der Waals surface area contributed by atoms with Gasteiger partial charge in [-0.2, -0.15) is 0 Å². The molecule has 0 atom stereocenters. The van der Waals surface area contributed by atoms with Gasteiger partial charge >= 0.3 is 0 Å². The maximum absolute atomic E-state index is 8.72. The first-order chi connectivity index (χ1) is 9.38. The Morgan fingerprint density at radius 2 is 1.89 bits per heavy atom. The molecule has 0 spiro atoms. The average Bonchev–Trinajstić information content (AvgIpc) is 2.47. The summed E-state index contributed by atoms with van der Waals surface area (Å²) in [5, 5.41) is 15.0. The number of rotatable bonds is 7. The molecule has 0 saturated heterocycles. The molecular weight excluding hydrogens is 242 g/mol. The molecule has 0 radical (unpaired) electrons. The van der Waals surface area contributed by atoms with Gasteiger partial charge in [-0.05, 0) is 18.6 Å². The first-order valence-corrected chi connectivity index (χ1v) is 6.19. The molecule has 2 aromatic rings. The summed E-state index contributed by atoms with van der Waals surface area (Å²) in [4.78, 5) is 12.5. The first-order valence-electron chi connectivity index (χ1n) is 6.19.